The lowest BCUT2D eigenvalue weighted by atomic mass is 9.80. The molecular weight excluding hydrogens is 260 g/mol. The zero-order valence-corrected chi connectivity index (χ0v) is 14.1. The van der Waals surface area contributed by atoms with E-state index >= 15 is 0 Å². The molecule has 0 atom stereocenters. The van der Waals surface area contributed by atoms with E-state index in [9.17, 15) is 4.79 Å². The first-order chi connectivity index (χ1) is 10.2. The Kier molecular flexibility index (Phi) is 7.06. The fourth-order valence-electron chi connectivity index (χ4n) is 4.10. The summed E-state index contributed by atoms with van der Waals surface area (Å²) in [4.78, 5) is 12.3. The molecule has 2 heteroatoms. The first kappa shape index (κ1) is 16.8. The molecule has 0 aromatic carbocycles. The summed E-state index contributed by atoms with van der Waals surface area (Å²) >= 11 is 0. The minimum atomic E-state index is 0.115. The molecule has 0 bridgehead atoms. The van der Waals surface area contributed by atoms with Gasteiger partial charge in [-0.15, -0.1) is 0 Å². The minimum absolute atomic E-state index is 0.115. The number of hydrogen-bond donors (Lipinski definition) is 0. The van der Waals surface area contributed by atoms with E-state index in [4.69, 9.17) is 4.74 Å². The monoisotopic (exact) mass is 294 g/mol. The molecule has 0 aromatic heterocycles. The minimum Gasteiger partial charge on any atom is -0.462 e. The van der Waals surface area contributed by atoms with Gasteiger partial charge in [-0.05, 0) is 63.2 Å². The fourth-order valence-corrected chi connectivity index (χ4v) is 4.10. The third-order valence-corrected chi connectivity index (χ3v) is 5.80. The Morgan fingerprint density at radius 2 is 1.52 bits per heavy atom. The van der Waals surface area contributed by atoms with Gasteiger partial charge in [-0.3, -0.25) is 4.79 Å². The molecule has 2 aliphatic rings. The van der Waals surface area contributed by atoms with Crippen molar-refractivity contribution in [1.82, 2.24) is 0 Å². The predicted molar refractivity (Wildman–Crippen MR) is 87.1 cm³/mol. The van der Waals surface area contributed by atoms with Gasteiger partial charge in [-0.1, -0.05) is 39.5 Å². The van der Waals surface area contributed by atoms with Crippen molar-refractivity contribution in [3.8, 4) is 0 Å². The van der Waals surface area contributed by atoms with Crippen LogP contribution in [-0.4, -0.2) is 12.1 Å². The van der Waals surface area contributed by atoms with Crippen LogP contribution in [0, 0.1) is 17.8 Å². The van der Waals surface area contributed by atoms with Gasteiger partial charge in [0.25, 0.3) is 0 Å². The molecule has 0 N–H and O–H groups in total. The highest BCUT2D eigenvalue weighted by atomic mass is 16.5. The van der Waals surface area contributed by atoms with E-state index in [1.165, 1.54) is 51.4 Å². The molecule has 0 radical (unpaired) electrons. The van der Waals surface area contributed by atoms with Gasteiger partial charge >= 0.3 is 5.97 Å². The van der Waals surface area contributed by atoms with Gasteiger partial charge in [0, 0.05) is 0 Å². The summed E-state index contributed by atoms with van der Waals surface area (Å²) in [5, 5.41) is 0. The molecular formula is C19H34O2. The molecule has 2 saturated carbocycles. The fraction of sp³-hybridized carbons (Fsp3) is 0.947. The van der Waals surface area contributed by atoms with Crippen LogP contribution in [0.2, 0.25) is 0 Å². The maximum atomic E-state index is 12.3. The second-order valence-corrected chi connectivity index (χ2v) is 7.35. The summed E-state index contributed by atoms with van der Waals surface area (Å²) in [5.41, 5.74) is 0. The van der Waals surface area contributed by atoms with Gasteiger partial charge in [0.1, 0.15) is 6.10 Å². The molecule has 122 valence electrons. The summed E-state index contributed by atoms with van der Waals surface area (Å²) in [7, 11) is 0. The Balaban J connectivity index is 1.66. The third kappa shape index (κ3) is 5.30. The highest BCUT2D eigenvalue weighted by Crippen LogP contribution is 2.34. The van der Waals surface area contributed by atoms with Crippen molar-refractivity contribution in [2.45, 2.75) is 97.0 Å². The first-order valence-corrected chi connectivity index (χ1v) is 9.43. The molecule has 0 spiro atoms. The second-order valence-electron chi connectivity index (χ2n) is 7.35. The smallest absolute Gasteiger partial charge is 0.309 e. The van der Waals surface area contributed by atoms with Crippen molar-refractivity contribution in [1.29, 1.82) is 0 Å². The molecule has 2 nitrogen and oxygen atoms in total. The highest BCUT2D eigenvalue weighted by Gasteiger charge is 2.30. The van der Waals surface area contributed by atoms with Crippen LogP contribution in [0.3, 0.4) is 0 Å². The van der Waals surface area contributed by atoms with E-state index in [1.807, 2.05) is 0 Å². The summed E-state index contributed by atoms with van der Waals surface area (Å²) < 4.78 is 5.80. The summed E-state index contributed by atoms with van der Waals surface area (Å²) in [6, 6.07) is 0. The van der Waals surface area contributed by atoms with Crippen molar-refractivity contribution in [3.63, 3.8) is 0 Å². The lowest BCUT2D eigenvalue weighted by Crippen LogP contribution is -2.30. The number of rotatable bonds is 6. The summed E-state index contributed by atoms with van der Waals surface area (Å²) in [5.74, 6) is 2.05. The number of esters is 1. The number of carbonyl (C=O) groups is 1. The Bertz CT molecular complexity index is 297. The van der Waals surface area contributed by atoms with Crippen LogP contribution >= 0.6 is 0 Å². The molecule has 2 rings (SSSR count). The molecule has 0 heterocycles. The Labute approximate surface area is 131 Å². The van der Waals surface area contributed by atoms with E-state index in [0.717, 1.165) is 37.5 Å². The topological polar surface area (TPSA) is 26.3 Å². The third-order valence-electron chi connectivity index (χ3n) is 5.80. The van der Waals surface area contributed by atoms with Crippen LogP contribution in [0.1, 0.15) is 90.9 Å². The van der Waals surface area contributed by atoms with E-state index in [0.29, 0.717) is 0 Å². The average Bonchev–Trinajstić information content (AvgIpc) is 2.54. The number of unbranched alkanes of at least 4 members (excludes halogenated alkanes) is 1. The van der Waals surface area contributed by atoms with Gasteiger partial charge in [-0.2, -0.15) is 0 Å². The van der Waals surface area contributed by atoms with E-state index in [2.05, 4.69) is 13.8 Å². The van der Waals surface area contributed by atoms with E-state index in [1.54, 1.807) is 0 Å². The SMILES string of the molecule is CCCCC1CCC(C(=O)OC2CCC(CC)CC2)CC1. The number of ether oxygens (including phenoxy) is 1. The van der Waals surface area contributed by atoms with Crippen LogP contribution in [0.15, 0.2) is 0 Å². The molecule has 21 heavy (non-hydrogen) atoms. The van der Waals surface area contributed by atoms with Gasteiger partial charge in [0.05, 0.1) is 5.92 Å². The Hall–Kier alpha value is -0.530. The van der Waals surface area contributed by atoms with Gasteiger partial charge < -0.3 is 4.74 Å². The number of hydrogen-bond acceptors (Lipinski definition) is 2. The van der Waals surface area contributed by atoms with Crippen LogP contribution < -0.4 is 0 Å². The highest BCUT2D eigenvalue weighted by molar-refractivity contribution is 5.72. The van der Waals surface area contributed by atoms with Crippen LogP contribution in [0.4, 0.5) is 0 Å². The largest absolute Gasteiger partial charge is 0.462 e. The zero-order chi connectivity index (χ0) is 15.1. The van der Waals surface area contributed by atoms with Crippen molar-refractivity contribution in [2.75, 3.05) is 0 Å². The molecule has 2 aliphatic carbocycles. The van der Waals surface area contributed by atoms with Crippen molar-refractivity contribution < 1.29 is 9.53 Å². The Morgan fingerprint density at radius 3 is 2.10 bits per heavy atom. The van der Waals surface area contributed by atoms with Crippen molar-refractivity contribution in [3.05, 3.63) is 0 Å². The lowest BCUT2D eigenvalue weighted by molar-refractivity contribution is -0.157. The van der Waals surface area contributed by atoms with Crippen LogP contribution in [0.25, 0.3) is 0 Å². The summed E-state index contributed by atoms with van der Waals surface area (Å²) in [6.07, 6.45) is 14.8. The maximum Gasteiger partial charge on any atom is 0.309 e. The van der Waals surface area contributed by atoms with E-state index in [-0.39, 0.29) is 18.0 Å². The lowest BCUT2D eigenvalue weighted by Gasteiger charge is -2.31. The molecule has 2 fully saturated rings. The maximum absolute atomic E-state index is 12.3. The molecule has 0 amide bonds. The summed E-state index contributed by atoms with van der Waals surface area (Å²) in [6.45, 7) is 4.53. The standard InChI is InChI=1S/C19H34O2/c1-3-5-6-16-7-11-17(12-8-16)19(20)21-18-13-9-15(4-2)10-14-18/h15-18H,3-14H2,1-2H3. The zero-order valence-electron chi connectivity index (χ0n) is 14.1. The first-order valence-electron chi connectivity index (χ1n) is 9.43. The molecule has 0 unspecified atom stereocenters. The van der Waals surface area contributed by atoms with Crippen molar-refractivity contribution in [2.24, 2.45) is 17.8 Å². The average molecular weight is 294 g/mol. The van der Waals surface area contributed by atoms with Gasteiger partial charge in [-0.25, -0.2) is 0 Å². The Morgan fingerprint density at radius 1 is 0.905 bits per heavy atom. The van der Waals surface area contributed by atoms with Gasteiger partial charge in [0.15, 0.2) is 0 Å². The molecule has 0 aromatic rings. The van der Waals surface area contributed by atoms with Gasteiger partial charge in [0.2, 0.25) is 0 Å². The molecule has 0 aliphatic heterocycles. The van der Waals surface area contributed by atoms with Crippen molar-refractivity contribution >= 4 is 5.97 Å². The van der Waals surface area contributed by atoms with Crippen LogP contribution in [-0.2, 0) is 9.53 Å². The predicted octanol–water partition coefficient (Wildman–Crippen LogP) is 5.50. The van der Waals surface area contributed by atoms with E-state index < -0.39 is 0 Å². The quantitative estimate of drug-likeness (QED) is 0.605. The molecule has 0 saturated heterocycles. The van der Waals surface area contributed by atoms with Crippen LogP contribution in [0.5, 0.6) is 0 Å². The normalized spacial score (nSPS) is 33.6. The number of carbonyl (C=O) groups excluding carboxylic acids is 1. The second kappa shape index (κ2) is 8.80.